The summed E-state index contributed by atoms with van der Waals surface area (Å²) in [5.74, 6) is 0.852. The number of nitrogens with two attached hydrogens (primary N) is 2. The van der Waals surface area contributed by atoms with Gasteiger partial charge in [0.1, 0.15) is 5.60 Å². The predicted octanol–water partition coefficient (Wildman–Crippen LogP) is 13.7. The Morgan fingerprint density at radius 2 is 0.868 bits per heavy atom. The number of piperidine rings is 6. The lowest BCUT2D eigenvalue weighted by atomic mass is 9.55. The maximum atomic E-state index is 13.6. The van der Waals surface area contributed by atoms with Crippen LogP contribution in [0.5, 0.6) is 0 Å². The van der Waals surface area contributed by atoms with Crippen LogP contribution < -0.4 is 11.5 Å². The SMILES string of the molecule is CC(CC(=O)N1C2CC3CC1CC(C(=O)O)(C3)C2)c1c[nH]c2cccc(Cl)c12.CC(CC(=O)N1C2CC3CC1CC(C(N)=O)(C3)C2)c1c[nH]c2cccc(Cl)c12.CC(CC(=O)N1C2CC3CC1CC(C(N)=O)(C3)C2)c1cn(C(=O)OC(C)(C)C)c2cccc(Cl)c12. The highest BCUT2D eigenvalue weighted by Crippen LogP contribution is 2.59. The number of fused-ring (bicyclic) bond motifs is 3. The zero-order valence-electron chi connectivity index (χ0n) is 52.9. The van der Waals surface area contributed by atoms with Gasteiger partial charge in [0, 0.05) is 101 Å². The van der Waals surface area contributed by atoms with Crippen molar-refractivity contribution in [1.82, 2.24) is 29.2 Å². The number of ether oxygens (including phenoxy) is 1. The molecule has 12 aliphatic rings. The number of hydrogen-bond acceptors (Lipinski definition) is 8. The number of H-pyrrole nitrogens is 2. The summed E-state index contributed by atoms with van der Waals surface area (Å²) in [7, 11) is 0. The number of nitrogens with zero attached hydrogens (tertiary/aromatic N) is 4. The van der Waals surface area contributed by atoms with Crippen LogP contribution in [0.15, 0.2) is 73.2 Å². The predicted molar refractivity (Wildman–Crippen MR) is 351 cm³/mol. The molecule has 3 aromatic carbocycles. The van der Waals surface area contributed by atoms with E-state index in [2.05, 4.69) is 28.7 Å². The molecule has 91 heavy (non-hydrogen) atoms. The topological polar surface area (TPSA) is 247 Å². The molecule has 7 N–H and O–H groups in total. The third-order valence-corrected chi connectivity index (χ3v) is 23.9. The number of hydrogen-bond donors (Lipinski definition) is 5. The van der Waals surface area contributed by atoms with Crippen LogP contribution in [0.2, 0.25) is 15.1 Å². The molecule has 6 saturated carbocycles. The van der Waals surface area contributed by atoms with E-state index < -0.39 is 28.5 Å². The van der Waals surface area contributed by atoms with E-state index in [1.54, 1.807) is 18.3 Å². The second-order valence-electron chi connectivity index (χ2n) is 30.2. The number of aromatic nitrogens is 3. The molecule has 6 saturated heterocycles. The molecule has 9 unspecified atom stereocenters. The first-order valence-electron chi connectivity index (χ1n) is 32.9. The van der Waals surface area contributed by atoms with E-state index >= 15 is 0 Å². The molecule has 12 bridgehead atoms. The van der Waals surface area contributed by atoms with Gasteiger partial charge >= 0.3 is 12.1 Å². The van der Waals surface area contributed by atoms with Gasteiger partial charge in [-0.2, -0.15) is 0 Å². The van der Waals surface area contributed by atoms with Crippen molar-refractivity contribution in [3.8, 4) is 0 Å². The summed E-state index contributed by atoms with van der Waals surface area (Å²) >= 11 is 19.4. The fourth-order valence-corrected chi connectivity index (χ4v) is 20.5. The standard InChI is InChI=1S/C27H34ClN3O4.C22H26ClN3O2.C22H25ClN2O3/c1-15(8-22(32)31-17-9-16-10-18(31)13-27(11-16,12-17)24(29)33)19-14-30(25(34)35-26(2,3)4)21-7-5-6-20(28)23(19)21;1-12(16-11-25-18-4-2-3-17(23)20(16)18)5-19(27)26-14-6-13-7-15(26)10-22(8-13,9-14)21(24)28;1-12(16-11-24-18-4-2-3-17(23)20(16)18)5-19(26)25-14-6-13-7-15(25)10-22(8-13,9-14)21(27)28/h5-7,14-18H,8-13H2,1-4H3,(H2,29,33);2-4,11-15,25H,5-10H2,1H3,(H2,24,28);2-4,11-15,24H,5-10H2,1H3,(H,27,28). The monoisotopic (exact) mass is 1300 g/mol. The Kier molecular flexibility index (Phi) is 16.3. The minimum atomic E-state index is -0.666. The number of rotatable bonds is 12. The Bertz CT molecular complexity index is 3730. The van der Waals surface area contributed by atoms with Crippen LogP contribution in [0.3, 0.4) is 0 Å². The summed E-state index contributed by atoms with van der Waals surface area (Å²) in [4.78, 5) is 102. The van der Waals surface area contributed by atoms with Crippen molar-refractivity contribution in [3.63, 3.8) is 0 Å². The number of aromatic amines is 2. The van der Waals surface area contributed by atoms with Crippen molar-refractivity contribution < 1.29 is 43.4 Å². The number of carboxylic acid groups (broad SMARTS) is 1. The van der Waals surface area contributed by atoms with E-state index in [9.17, 15) is 38.7 Å². The molecule has 484 valence electrons. The van der Waals surface area contributed by atoms with Crippen molar-refractivity contribution in [2.45, 2.75) is 217 Å². The molecular weight excluding hydrogens is 1220 g/mol. The van der Waals surface area contributed by atoms with Crippen molar-refractivity contribution in [2.24, 2.45) is 45.5 Å². The number of carbonyl (C=O) groups excluding carboxylic acids is 6. The molecule has 3 aromatic heterocycles. The molecule has 17 nitrogen and oxygen atoms in total. The van der Waals surface area contributed by atoms with E-state index in [-0.39, 0.29) is 89.0 Å². The number of carboxylic acids is 1. The van der Waals surface area contributed by atoms with E-state index in [0.717, 1.165) is 115 Å². The van der Waals surface area contributed by atoms with Gasteiger partial charge in [-0.3, -0.25) is 33.3 Å². The highest BCUT2D eigenvalue weighted by atomic mass is 35.5. The third kappa shape index (κ3) is 11.3. The van der Waals surface area contributed by atoms with Crippen LogP contribution in [-0.2, 0) is 33.5 Å². The van der Waals surface area contributed by atoms with Crippen molar-refractivity contribution >= 4 is 109 Å². The van der Waals surface area contributed by atoms with Crippen molar-refractivity contribution in [2.75, 3.05) is 0 Å². The molecule has 9 heterocycles. The van der Waals surface area contributed by atoms with Gasteiger partial charge in [0.15, 0.2) is 0 Å². The highest BCUT2D eigenvalue weighted by Gasteiger charge is 2.61. The normalized spacial score (nSPS) is 30.6. The molecule has 18 rings (SSSR count). The van der Waals surface area contributed by atoms with Crippen molar-refractivity contribution in [3.05, 3.63) is 105 Å². The molecule has 12 fully saturated rings. The quantitative estimate of drug-likeness (QED) is 0.0781. The lowest BCUT2D eigenvalue weighted by molar-refractivity contribution is -0.178. The van der Waals surface area contributed by atoms with Crippen LogP contribution in [0.1, 0.15) is 192 Å². The van der Waals surface area contributed by atoms with E-state index in [1.807, 2.05) is 92.4 Å². The van der Waals surface area contributed by atoms with Gasteiger partial charge in [-0.1, -0.05) is 73.8 Å². The minimum absolute atomic E-state index is 0.0479. The first-order chi connectivity index (χ1) is 43.1. The van der Waals surface area contributed by atoms with Gasteiger partial charge in [-0.25, -0.2) is 4.79 Å². The molecule has 20 heteroatoms. The molecular formula is C71H85Cl3N8O9. The summed E-state index contributed by atoms with van der Waals surface area (Å²) in [5, 5.41) is 14.5. The Hall–Kier alpha value is -6.56. The van der Waals surface area contributed by atoms with Crippen LogP contribution in [0.25, 0.3) is 32.7 Å². The summed E-state index contributed by atoms with van der Waals surface area (Å²) < 4.78 is 7.09. The lowest BCUT2D eigenvalue weighted by Crippen LogP contribution is -2.65. The fraction of sp³-hybridized carbons (Fsp3) is 0.563. The molecule has 9 atom stereocenters. The lowest BCUT2D eigenvalue weighted by Gasteiger charge is -2.60. The second-order valence-corrected chi connectivity index (χ2v) is 31.5. The van der Waals surface area contributed by atoms with E-state index in [0.29, 0.717) is 83.3 Å². The number of nitrogens with one attached hydrogen (secondary N) is 2. The van der Waals surface area contributed by atoms with Crippen LogP contribution in [0, 0.1) is 34.0 Å². The van der Waals surface area contributed by atoms with Gasteiger partial charge in [-0.15, -0.1) is 0 Å². The maximum Gasteiger partial charge on any atom is 0.419 e. The van der Waals surface area contributed by atoms with Gasteiger partial charge in [0.2, 0.25) is 29.5 Å². The summed E-state index contributed by atoms with van der Waals surface area (Å²) in [6, 6.07) is 17.7. The Morgan fingerprint density at radius 3 is 1.23 bits per heavy atom. The Morgan fingerprint density at radius 1 is 0.527 bits per heavy atom. The number of halogens is 3. The Balaban J connectivity index is 0.000000126. The number of aliphatic carboxylic acids is 1. The molecule has 6 aliphatic heterocycles. The second kappa shape index (κ2) is 23.5. The minimum Gasteiger partial charge on any atom is -0.481 e. The van der Waals surface area contributed by atoms with Crippen LogP contribution in [-0.4, -0.2) is 118 Å². The molecule has 6 aromatic rings. The summed E-state index contributed by atoms with van der Waals surface area (Å²) in [5.41, 5.74) is 15.2. The third-order valence-electron chi connectivity index (χ3n) is 23.0. The number of benzene rings is 3. The van der Waals surface area contributed by atoms with E-state index in [4.69, 9.17) is 51.0 Å². The first kappa shape index (κ1) is 63.2. The van der Waals surface area contributed by atoms with E-state index in [1.165, 1.54) is 4.57 Å². The molecule has 0 spiro atoms. The molecule has 5 amide bonds. The smallest absolute Gasteiger partial charge is 0.419 e. The Labute approximate surface area is 545 Å². The largest absolute Gasteiger partial charge is 0.481 e. The zero-order valence-corrected chi connectivity index (χ0v) is 55.1. The number of primary amides is 2. The average molecular weight is 1300 g/mol. The molecule has 0 radical (unpaired) electrons. The molecule has 6 aliphatic carbocycles. The fourth-order valence-electron chi connectivity index (χ4n) is 19.6. The zero-order chi connectivity index (χ0) is 64.5. The van der Waals surface area contributed by atoms with Gasteiger partial charge in [-0.05, 0) is 206 Å². The van der Waals surface area contributed by atoms with Gasteiger partial charge in [0.25, 0.3) is 0 Å². The first-order valence-corrected chi connectivity index (χ1v) is 34.1. The highest BCUT2D eigenvalue weighted by molar-refractivity contribution is 6.36. The maximum absolute atomic E-state index is 13.6. The number of carbonyl (C=O) groups is 7. The van der Waals surface area contributed by atoms with Gasteiger partial charge in [0.05, 0.1) is 36.8 Å². The van der Waals surface area contributed by atoms with Crippen LogP contribution in [0.4, 0.5) is 4.79 Å². The summed E-state index contributed by atoms with van der Waals surface area (Å²) in [6.07, 6.45) is 18.9. The van der Waals surface area contributed by atoms with Crippen LogP contribution >= 0.6 is 34.8 Å². The number of amides is 5. The summed E-state index contributed by atoms with van der Waals surface area (Å²) in [6.45, 7) is 11.6. The average Bonchev–Trinajstić information content (AvgIpc) is 1.62. The van der Waals surface area contributed by atoms with Gasteiger partial charge < -0.3 is 46.0 Å². The van der Waals surface area contributed by atoms with Crippen molar-refractivity contribution in [1.29, 1.82) is 0 Å².